The molecule has 3 rings (SSSR count). The molecule has 0 bridgehead atoms. The molecule has 2 unspecified atom stereocenters. The number of nitriles is 1. The maximum atomic E-state index is 12.9. The molecule has 0 saturated heterocycles. The first-order chi connectivity index (χ1) is 18.5. The number of ether oxygens (including phenoxy) is 1. The zero-order valence-electron chi connectivity index (χ0n) is 23.9. The Labute approximate surface area is 240 Å². The van der Waals surface area contributed by atoms with Crippen LogP contribution in [0.1, 0.15) is 36.1 Å². The molecule has 214 valence electrons. The zero-order chi connectivity index (χ0) is 28.8. The van der Waals surface area contributed by atoms with Crippen LogP contribution in [0.2, 0.25) is 0 Å². The van der Waals surface area contributed by atoms with Gasteiger partial charge in [-0.15, -0.1) is 11.8 Å². The molecule has 0 aliphatic carbocycles. The summed E-state index contributed by atoms with van der Waals surface area (Å²) in [6.45, 7) is 11.6. The van der Waals surface area contributed by atoms with Gasteiger partial charge in [-0.2, -0.15) is 5.26 Å². The second kappa shape index (κ2) is 15.8. The van der Waals surface area contributed by atoms with E-state index in [2.05, 4.69) is 40.8 Å². The fourth-order valence-corrected chi connectivity index (χ4v) is 4.49. The molecule has 1 aliphatic heterocycles. The van der Waals surface area contributed by atoms with Gasteiger partial charge in [0.15, 0.2) is 0 Å². The van der Waals surface area contributed by atoms with Crippen LogP contribution in [0.25, 0.3) is 0 Å². The summed E-state index contributed by atoms with van der Waals surface area (Å²) in [5.74, 6) is 0.341. The Hall–Kier alpha value is -3.51. The minimum atomic E-state index is -0.493. The molecule has 39 heavy (non-hydrogen) atoms. The van der Waals surface area contributed by atoms with Gasteiger partial charge in [0.25, 0.3) is 0 Å². The molecule has 2 atom stereocenters. The fourth-order valence-electron chi connectivity index (χ4n) is 3.33. The van der Waals surface area contributed by atoms with Crippen molar-refractivity contribution >= 4 is 40.8 Å². The van der Waals surface area contributed by atoms with Crippen LogP contribution in [0.15, 0.2) is 59.6 Å². The zero-order valence-corrected chi connectivity index (χ0v) is 24.7. The number of hydrogen-bond donors (Lipinski definition) is 2. The predicted molar refractivity (Wildman–Crippen MR) is 165 cm³/mol. The van der Waals surface area contributed by atoms with Gasteiger partial charge in [0.05, 0.1) is 12.6 Å². The summed E-state index contributed by atoms with van der Waals surface area (Å²) in [6.07, 6.45) is 0. The van der Waals surface area contributed by atoms with E-state index in [0.717, 1.165) is 5.69 Å². The van der Waals surface area contributed by atoms with Gasteiger partial charge in [-0.05, 0) is 32.0 Å². The molecule has 8 nitrogen and oxygen atoms in total. The molecule has 2 aromatic rings. The topological polar surface area (TPSA) is 107 Å². The first-order valence-corrected chi connectivity index (χ1v) is 14.2. The van der Waals surface area contributed by atoms with Crippen molar-refractivity contribution in [2.75, 3.05) is 49.7 Å². The number of anilines is 2. The molecular formula is C30H45N5O3S. The summed E-state index contributed by atoms with van der Waals surface area (Å²) < 4.78 is 5.43. The largest absolute Gasteiger partial charge is 0.478 e. The number of carbonyl (C=O) groups is 2. The molecule has 0 aromatic heterocycles. The van der Waals surface area contributed by atoms with Crippen LogP contribution in [0.3, 0.4) is 0 Å². The summed E-state index contributed by atoms with van der Waals surface area (Å²) in [4.78, 5) is 31.1. The van der Waals surface area contributed by atoms with Crippen molar-refractivity contribution < 1.29 is 17.2 Å². The van der Waals surface area contributed by atoms with Crippen molar-refractivity contribution in [1.82, 2.24) is 4.90 Å². The van der Waals surface area contributed by atoms with E-state index in [1.54, 1.807) is 11.9 Å². The van der Waals surface area contributed by atoms with Crippen molar-refractivity contribution in [1.29, 1.82) is 5.26 Å². The second-order valence-electron chi connectivity index (χ2n) is 10.2. The van der Waals surface area contributed by atoms with Gasteiger partial charge in [-0.3, -0.25) is 14.6 Å². The molecule has 2 N–H and O–H groups in total. The maximum absolute atomic E-state index is 12.9. The Balaban J connectivity index is 0.00000155. The Morgan fingerprint density at radius 3 is 2.41 bits per heavy atom. The highest BCUT2D eigenvalue weighted by molar-refractivity contribution is 8.00. The molecule has 9 heteroatoms. The minimum absolute atomic E-state index is 0. The first-order valence-electron chi connectivity index (χ1n) is 13.2. The quantitative estimate of drug-likeness (QED) is 0.388. The number of thioether (sulfide) groups is 1. The Bertz CT molecular complexity index is 1150. The number of rotatable bonds is 10. The molecule has 1 aliphatic rings. The van der Waals surface area contributed by atoms with Crippen LogP contribution in [0.4, 0.5) is 11.4 Å². The van der Waals surface area contributed by atoms with E-state index >= 15 is 0 Å². The smallest absolute Gasteiger partial charge is 0.237 e. The standard InChI is InChI=1S/C23H33N5O3S.C7H8.2H2/c1-6-28(5)21(29)19(32-15-16(13-24)20-25-10-11-31-20)14-26-17-8-7-9-18(12-17)27-22(30)23(2,3)4;1-7-5-3-2-4-6-7;;/h7-9,12,16,19,26H,6,10-11,14-15H2,1-5H3,(H,27,30);2-6H,1H3;2*1H. The van der Waals surface area contributed by atoms with E-state index in [0.29, 0.717) is 43.6 Å². The van der Waals surface area contributed by atoms with Crippen molar-refractivity contribution in [2.45, 2.75) is 39.9 Å². The maximum Gasteiger partial charge on any atom is 0.237 e. The van der Waals surface area contributed by atoms with E-state index in [4.69, 9.17) is 4.74 Å². The molecule has 2 aromatic carbocycles. The van der Waals surface area contributed by atoms with Crippen LogP contribution in [0.5, 0.6) is 0 Å². The lowest BCUT2D eigenvalue weighted by Crippen LogP contribution is -2.39. The lowest BCUT2D eigenvalue weighted by molar-refractivity contribution is -0.128. The number of nitrogens with zero attached hydrogens (tertiary/aromatic N) is 3. The highest BCUT2D eigenvalue weighted by atomic mass is 32.2. The highest BCUT2D eigenvalue weighted by Gasteiger charge is 2.27. The third kappa shape index (κ3) is 11.0. The van der Waals surface area contributed by atoms with Crippen LogP contribution in [-0.4, -0.2) is 66.9 Å². The summed E-state index contributed by atoms with van der Waals surface area (Å²) in [5, 5.41) is 15.3. The van der Waals surface area contributed by atoms with Gasteiger partial charge in [0, 0.05) is 45.5 Å². The number of amides is 2. The van der Waals surface area contributed by atoms with Crippen LogP contribution in [0, 0.1) is 29.6 Å². The number of nitrogens with one attached hydrogen (secondary N) is 2. The SMILES string of the molecule is CCN(C)C(=O)C(CNc1cccc(NC(=O)C(C)(C)C)c1)SCC(C#N)C1=NCCO1.Cc1ccccc1.[HH].[HH]. The van der Waals surface area contributed by atoms with Gasteiger partial charge in [-0.1, -0.05) is 62.7 Å². The Morgan fingerprint density at radius 2 is 1.87 bits per heavy atom. The molecule has 1 heterocycles. The minimum Gasteiger partial charge on any atom is -0.478 e. The highest BCUT2D eigenvalue weighted by Crippen LogP contribution is 2.23. The van der Waals surface area contributed by atoms with Crippen molar-refractivity contribution in [3.05, 3.63) is 60.2 Å². The average Bonchev–Trinajstić information content (AvgIpc) is 3.45. The molecule has 0 fully saturated rings. The van der Waals surface area contributed by atoms with Crippen molar-refractivity contribution in [3.63, 3.8) is 0 Å². The van der Waals surface area contributed by atoms with Crippen molar-refractivity contribution in [3.8, 4) is 6.07 Å². The molecule has 2 amide bonds. The Morgan fingerprint density at radius 1 is 1.18 bits per heavy atom. The van der Waals surface area contributed by atoms with Gasteiger partial charge in [0.2, 0.25) is 17.7 Å². The Kier molecular flexibility index (Phi) is 12.8. The predicted octanol–water partition coefficient (Wildman–Crippen LogP) is 5.72. The summed E-state index contributed by atoms with van der Waals surface area (Å²) in [6, 6.07) is 19.9. The van der Waals surface area contributed by atoms with E-state index in [1.165, 1.54) is 17.3 Å². The molecule has 0 saturated carbocycles. The third-order valence-electron chi connectivity index (χ3n) is 5.89. The molecule has 0 spiro atoms. The summed E-state index contributed by atoms with van der Waals surface area (Å²) in [7, 11) is 1.77. The van der Waals surface area contributed by atoms with E-state index in [9.17, 15) is 14.9 Å². The third-order valence-corrected chi connectivity index (χ3v) is 7.18. The average molecular weight is 556 g/mol. The lowest BCUT2D eigenvalue weighted by atomic mass is 9.95. The molecular weight excluding hydrogens is 510 g/mol. The fraction of sp³-hybridized carbons (Fsp3) is 0.467. The number of carbonyl (C=O) groups excluding carboxylic acids is 2. The number of aryl methyl sites for hydroxylation is 1. The monoisotopic (exact) mass is 555 g/mol. The van der Waals surface area contributed by atoms with Crippen LogP contribution in [-0.2, 0) is 14.3 Å². The number of aliphatic imine (C=N–C) groups is 1. The summed E-state index contributed by atoms with van der Waals surface area (Å²) in [5.41, 5.74) is 2.32. The van der Waals surface area contributed by atoms with Gasteiger partial charge in [-0.25, -0.2) is 0 Å². The van der Waals surface area contributed by atoms with Gasteiger partial charge < -0.3 is 20.3 Å². The van der Waals surface area contributed by atoms with E-state index in [-0.39, 0.29) is 19.9 Å². The van der Waals surface area contributed by atoms with Crippen LogP contribution >= 0.6 is 11.8 Å². The van der Waals surface area contributed by atoms with E-state index in [1.807, 2.05) is 70.2 Å². The molecule has 0 radical (unpaired) electrons. The lowest BCUT2D eigenvalue weighted by Gasteiger charge is -2.24. The number of benzene rings is 2. The van der Waals surface area contributed by atoms with E-state index < -0.39 is 11.3 Å². The summed E-state index contributed by atoms with van der Waals surface area (Å²) >= 11 is 1.42. The second-order valence-corrected chi connectivity index (χ2v) is 11.5. The first kappa shape index (κ1) is 31.7. The van der Waals surface area contributed by atoms with Gasteiger partial charge in [0.1, 0.15) is 17.8 Å². The van der Waals surface area contributed by atoms with Crippen molar-refractivity contribution in [2.24, 2.45) is 16.3 Å². The van der Waals surface area contributed by atoms with Gasteiger partial charge >= 0.3 is 0 Å². The van der Waals surface area contributed by atoms with Crippen LogP contribution < -0.4 is 10.6 Å². The number of hydrogen-bond acceptors (Lipinski definition) is 7. The normalized spacial score (nSPS) is 13.9.